The second kappa shape index (κ2) is 6.12. The predicted octanol–water partition coefficient (Wildman–Crippen LogP) is 1.98. The molecule has 2 heterocycles. The number of hydrogen-bond donors (Lipinski definition) is 3. The van der Waals surface area contributed by atoms with Crippen molar-refractivity contribution in [2.24, 2.45) is 0 Å². The molecule has 0 saturated heterocycles. The summed E-state index contributed by atoms with van der Waals surface area (Å²) in [4.78, 5) is 2.64. The molecule has 0 fully saturated rings. The number of aryl methyl sites for hydroxylation is 1. The SMILES string of the molecule is Cc1ccc(NS(=O)(=O)c2cnn(C(C)(F)CO)c2)c2[nH]cc(C#N)c12. The Morgan fingerprint density at radius 2 is 2.23 bits per heavy atom. The zero-order valence-electron chi connectivity index (χ0n) is 14.0. The molecule has 0 bridgehead atoms. The number of anilines is 1. The van der Waals surface area contributed by atoms with E-state index >= 15 is 0 Å². The third-order valence-corrected chi connectivity index (χ3v) is 5.36. The first-order chi connectivity index (χ1) is 12.2. The molecule has 3 aromatic rings. The Morgan fingerprint density at radius 3 is 2.88 bits per heavy atom. The van der Waals surface area contributed by atoms with Gasteiger partial charge in [0.15, 0.2) is 0 Å². The molecule has 3 N–H and O–H groups in total. The predicted molar refractivity (Wildman–Crippen MR) is 92.6 cm³/mol. The van der Waals surface area contributed by atoms with Crippen LogP contribution in [0.1, 0.15) is 18.1 Å². The number of aromatic nitrogens is 3. The van der Waals surface area contributed by atoms with E-state index in [0.29, 0.717) is 16.5 Å². The van der Waals surface area contributed by atoms with Gasteiger partial charge in [-0.2, -0.15) is 10.4 Å². The van der Waals surface area contributed by atoms with Crippen LogP contribution in [0.5, 0.6) is 0 Å². The van der Waals surface area contributed by atoms with Crippen molar-refractivity contribution in [3.63, 3.8) is 0 Å². The van der Waals surface area contributed by atoms with Crippen molar-refractivity contribution >= 4 is 26.6 Å². The number of fused-ring (bicyclic) bond motifs is 1. The summed E-state index contributed by atoms with van der Waals surface area (Å²) in [6, 6.07) is 5.32. The highest BCUT2D eigenvalue weighted by atomic mass is 32.2. The molecule has 136 valence electrons. The highest BCUT2D eigenvalue weighted by Gasteiger charge is 2.28. The van der Waals surface area contributed by atoms with Crippen molar-refractivity contribution in [2.75, 3.05) is 11.3 Å². The van der Waals surface area contributed by atoms with Gasteiger partial charge in [-0.25, -0.2) is 17.5 Å². The minimum Gasteiger partial charge on any atom is -0.391 e. The summed E-state index contributed by atoms with van der Waals surface area (Å²) >= 11 is 0. The maximum atomic E-state index is 14.1. The lowest BCUT2D eigenvalue weighted by atomic mass is 10.1. The number of rotatable bonds is 5. The van der Waals surface area contributed by atoms with Crippen molar-refractivity contribution in [1.29, 1.82) is 5.26 Å². The maximum Gasteiger partial charge on any atom is 0.265 e. The summed E-state index contributed by atoms with van der Waals surface area (Å²) in [5.74, 6) is -2.22. The van der Waals surface area contributed by atoms with E-state index in [2.05, 4.69) is 20.9 Å². The van der Waals surface area contributed by atoms with Crippen molar-refractivity contribution in [3.8, 4) is 6.07 Å². The van der Waals surface area contributed by atoms with Crippen LogP contribution in [0.2, 0.25) is 0 Å². The van der Waals surface area contributed by atoms with E-state index in [-0.39, 0.29) is 10.6 Å². The quantitative estimate of drug-likeness (QED) is 0.627. The zero-order chi connectivity index (χ0) is 19.1. The van der Waals surface area contributed by atoms with Crippen molar-refractivity contribution in [2.45, 2.75) is 24.5 Å². The Hall–Kier alpha value is -2.90. The lowest BCUT2D eigenvalue weighted by Crippen LogP contribution is -2.29. The smallest absolute Gasteiger partial charge is 0.265 e. The zero-order valence-corrected chi connectivity index (χ0v) is 14.8. The number of alkyl halides is 1. The second-order valence-electron chi connectivity index (χ2n) is 6.02. The number of nitrogens with zero attached hydrogens (tertiary/aromatic N) is 3. The van der Waals surface area contributed by atoms with Crippen molar-refractivity contribution < 1.29 is 17.9 Å². The van der Waals surface area contributed by atoms with Gasteiger partial charge < -0.3 is 10.1 Å². The standard InChI is InChI=1S/C16H16FN5O3S/c1-10-3-4-13(15-14(10)11(5-18)6-19-15)21-26(24,25)12-7-20-22(8-12)16(2,17)9-23/h3-4,6-8,19,21,23H,9H2,1-2H3. The minimum absolute atomic E-state index is 0.254. The van der Waals surface area contributed by atoms with Crippen molar-refractivity contribution in [3.05, 3.63) is 41.9 Å². The Kier molecular flexibility index (Phi) is 4.21. The molecule has 8 nitrogen and oxygen atoms in total. The van der Waals surface area contributed by atoms with Crippen LogP contribution in [-0.4, -0.2) is 34.9 Å². The molecule has 1 aromatic carbocycles. The Bertz CT molecular complexity index is 1120. The molecule has 3 rings (SSSR count). The summed E-state index contributed by atoms with van der Waals surface area (Å²) in [5.41, 5.74) is 1.96. The molecule has 10 heteroatoms. The first-order valence-electron chi connectivity index (χ1n) is 7.58. The van der Waals surface area contributed by atoms with Gasteiger partial charge in [0.2, 0.25) is 5.79 Å². The Balaban J connectivity index is 2.01. The molecular weight excluding hydrogens is 361 g/mol. The maximum absolute atomic E-state index is 14.1. The number of benzene rings is 1. The summed E-state index contributed by atoms with van der Waals surface area (Å²) in [7, 11) is -4.05. The lowest BCUT2D eigenvalue weighted by Gasteiger charge is -2.17. The van der Waals surface area contributed by atoms with E-state index in [1.54, 1.807) is 12.1 Å². The highest BCUT2D eigenvalue weighted by Crippen LogP contribution is 2.30. The van der Waals surface area contributed by atoms with Gasteiger partial charge in [-0.05, 0) is 25.5 Å². The first-order valence-corrected chi connectivity index (χ1v) is 9.06. The molecule has 0 spiro atoms. The molecule has 0 aliphatic carbocycles. The molecule has 0 aliphatic rings. The molecule has 0 amide bonds. The van der Waals surface area contributed by atoms with Crippen LogP contribution in [0, 0.1) is 18.3 Å². The average Bonchev–Trinajstić information content (AvgIpc) is 3.25. The van der Waals surface area contributed by atoms with E-state index in [4.69, 9.17) is 5.11 Å². The monoisotopic (exact) mass is 377 g/mol. The van der Waals surface area contributed by atoms with Gasteiger partial charge in [0.05, 0.1) is 29.6 Å². The van der Waals surface area contributed by atoms with Gasteiger partial charge in [-0.1, -0.05) is 6.07 Å². The highest BCUT2D eigenvalue weighted by molar-refractivity contribution is 7.92. The first kappa shape index (κ1) is 17.9. The van der Waals surface area contributed by atoms with E-state index < -0.39 is 22.4 Å². The number of hydrogen-bond acceptors (Lipinski definition) is 5. The van der Waals surface area contributed by atoms with Crippen molar-refractivity contribution in [1.82, 2.24) is 14.8 Å². The van der Waals surface area contributed by atoms with E-state index in [1.807, 2.05) is 6.92 Å². The molecular formula is C16H16FN5O3S. The normalized spacial score (nSPS) is 14.1. The van der Waals surface area contributed by atoms with Gasteiger partial charge in [0.1, 0.15) is 11.0 Å². The largest absolute Gasteiger partial charge is 0.391 e. The van der Waals surface area contributed by atoms with Gasteiger partial charge in [-0.3, -0.25) is 4.72 Å². The fourth-order valence-electron chi connectivity index (χ4n) is 2.57. The van der Waals surface area contributed by atoms with Crippen LogP contribution in [0.4, 0.5) is 10.1 Å². The van der Waals surface area contributed by atoms with E-state index in [0.717, 1.165) is 29.6 Å². The number of nitrogens with one attached hydrogen (secondary N) is 2. The summed E-state index contributed by atoms with van der Waals surface area (Å²) in [6.45, 7) is 2.05. The molecule has 1 unspecified atom stereocenters. The number of sulfonamides is 1. The number of aliphatic hydroxyl groups excluding tert-OH is 1. The molecule has 2 aromatic heterocycles. The summed E-state index contributed by atoms with van der Waals surface area (Å²) < 4.78 is 42.5. The third-order valence-electron chi connectivity index (χ3n) is 4.04. The molecule has 0 aliphatic heterocycles. The summed E-state index contributed by atoms with van der Waals surface area (Å²) in [5, 5.41) is 22.5. The van der Waals surface area contributed by atoms with Gasteiger partial charge in [-0.15, -0.1) is 0 Å². The van der Waals surface area contributed by atoms with E-state index in [9.17, 15) is 18.1 Å². The van der Waals surface area contributed by atoms with Gasteiger partial charge >= 0.3 is 0 Å². The van der Waals surface area contributed by atoms with Crippen LogP contribution >= 0.6 is 0 Å². The third kappa shape index (κ3) is 2.91. The topological polar surface area (TPSA) is 124 Å². The van der Waals surface area contributed by atoms with Gasteiger partial charge in [0.25, 0.3) is 10.0 Å². The van der Waals surface area contributed by atoms with Crippen LogP contribution in [0.25, 0.3) is 10.9 Å². The molecule has 0 saturated carbocycles. The van der Waals surface area contributed by atoms with Crippen LogP contribution < -0.4 is 4.72 Å². The fourth-order valence-corrected chi connectivity index (χ4v) is 3.57. The molecule has 26 heavy (non-hydrogen) atoms. The number of halogens is 1. The fraction of sp³-hybridized carbons (Fsp3) is 0.250. The Morgan fingerprint density at radius 1 is 1.50 bits per heavy atom. The Labute approximate surface area is 148 Å². The molecule has 1 atom stereocenters. The minimum atomic E-state index is -4.05. The number of nitriles is 1. The van der Waals surface area contributed by atoms with Gasteiger partial charge in [0, 0.05) is 17.8 Å². The number of aliphatic hydroxyl groups is 1. The van der Waals surface area contributed by atoms with Crippen LogP contribution in [0.15, 0.2) is 35.6 Å². The average molecular weight is 377 g/mol. The second-order valence-corrected chi connectivity index (χ2v) is 7.70. The van der Waals surface area contributed by atoms with E-state index in [1.165, 1.54) is 6.20 Å². The summed E-state index contributed by atoms with van der Waals surface area (Å²) in [6.07, 6.45) is 3.50. The molecule has 0 radical (unpaired) electrons. The number of H-pyrrole nitrogens is 1. The lowest BCUT2D eigenvalue weighted by molar-refractivity contribution is 0.00758. The number of aromatic amines is 1. The van der Waals surface area contributed by atoms with Crippen LogP contribution in [-0.2, 0) is 15.8 Å². The van der Waals surface area contributed by atoms with Crippen LogP contribution in [0.3, 0.4) is 0 Å².